The van der Waals surface area contributed by atoms with Crippen LogP contribution < -0.4 is 5.32 Å². The fourth-order valence-corrected chi connectivity index (χ4v) is 4.10. The highest BCUT2D eigenvalue weighted by atomic mass is 127. The normalized spacial score (nSPS) is 14.9. The molecule has 2 heterocycles. The molecule has 28 heavy (non-hydrogen) atoms. The van der Waals surface area contributed by atoms with Crippen LogP contribution in [-0.2, 0) is 17.9 Å². The number of amides is 1. The lowest BCUT2D eigenvalue weighted by Gasteiger charge is -2.36. The van der Waals surface area contributed by atoms with E-state index in [0.717, 1.165) is 28.8 Å². The molecule has 1 fully saturated rings. The minimum atomic E-state index is 0. The van der Waals surface area contributed by atoms with E-state index in [4.69, 9.17) is 11.6 Å². The van der Waals surface area contributed by atoms with Gasteiger partial charge in [-0.1, -0.05) is 23.7 Å². The summed E-state index contributed by atoms with van der Waals surface area (Å²) in [5.74, 6) is 0.851. The minimum Gasteiger partial charge on any atom is -0.351 e. The van der Waals surface area contributed by atoms with Gasteiger partial charge in [-0.15, -0.1) is 35.3 Å². The number of aliphatic imine (C=N–C) groups is 1. The van der Waals surface area contributed by atoms with Gasteiger partial charge in [-0.05, 0) is 31.5 Å². The van der Waals surface area contributed by atoms with Gasteiger partial charge in [-0.25, -0.2) is 4.98 Å². The van der Waals surface area contributed by atoms with E-state index in [0.29, 0.717) is 31.2 Å². The average Bonchev–Trinajstić information content (AvgIpc) is 2.97. The van der Waals surface area contributed by atoms with Crippen molar-refractivity contribution in [3.05, 3.63) is 50.4 Å². The molecule has 6 nitrogen and oxygen atoms in total. The largest absolute Gasteiger partial charge is 0.351 e. The second kappa shape index (κ2) is 10.4. The van der Waals surface area contributed by atoms with Crippen molar-refractivity contribution in [2.45, 2.75) is 26.9 Å². The maximum Gasteiger partial charge on any atom is 0.242 e. The van der Waals surface area contributed by atoms with E-state index in [1.54, 1.807) is 18.4 Å². The van der Waals surface area contributed by atoms with Crippen molar-refractivity contribution in [2.75, 3.05) is 26.7 Å². The molecule has 0 atom stereocenters. The second-order valence-corrected chi connectivity index (χ2v) is 8.23. The average molecular weight is 534 g/mol. The smallest absolute Gasteiger partial charge is 0.242 e. The molecule has 1 saturated heterocycles. The molecule has 1 aliphatic rings. The molecule has 0 unspecified atom stereocenters. The lowest BCUT2D eigenvalue weighted by molar-refractivity contribution is -0.135. The number of halogens is 2. The van der Waals surface area contributed by atoms with Crippen LogP contribution in [0.2, 0.25) is 5.02 Å². The van der Waals surface area contributed by atoms with Crippen LogP contribution in [0, 0.1) is 13.8 Å². The summed E-state index contributed by atoms with van der Waals surface area (Å²) < 4.78 is 0. The predicted octanol–water partition coefficient (Wildman–Crippen LogP) is 3.45. The van der Waals surface area contributed by atoms with Crippen LogP contribution in [0.25, 0.3) is 0 Å². The van der Waals surface area contributed by atoms with E-state index in [1.165, 1.54) is 4.88 Å². The van der Waals surface area contributed by atoms with Crippen molar-refractivity contribution in [2.24, 2.45) is 4.99 Å². The lowest BCUT2D eigenvalue weighted by atomic mass is 10.2. The Morgan fingerprint density at radius 3 is 2.57 bits per heavy atom. The van der Waals surface area contributed by atoms with Crippen LogP contribution in [0.15, 0.2) is 29.3 Å². The molecule has 1 aromatic heterocycles. The predicted molar refractivity (Wildman–Crippen MR) is 126 cm³/mol. The van der Waals surface area contributed by atoms with Gasteiger partial charge >= 0.3 is 0 Å². The topological polar surface area (TPSA) is 60.8 Å². The maximum atomic E-state index is 12.6. The standard InChI is InChI=1S/C19H24ClN5OS.HI/c1-13-17(27-14(2)23-13)10-22-19(21-3)25-9-8-24(18(26)12-25)11-15-4-6-16(20)7-5-15;/h4-7H,8-12H2,1-3H3,(H,21,22);1H. The van der Waals surface area contributed by atoms with Crippen LogP contribution in [0.1, 0.15) is 21.1 Å². The number of aryl methyl sites for hydroxylation is 2. The monoisotopic (exact) mass is 533 g/mol. The first-order valence-corrected chi connectivity index (χ1v) is 10.1. The van der Waals surface area contributed by atoms with Crippen molar-refractivity contribution in [3.8, 4) is 0 Å². The number of rotatable bonds is 4. The minimum absolute atomic E-state index is 0. The third-order valence-electron chi connectivity index (χ3n) is 4.52. The van der Waals surface area contributed by atoms with Crippen LogP contribution in [-0.4, -0.2) is 53.3 Å². The fourth-order valence-electron chi connectivity index (χ4n) is 3.10. The maximum absolute atomic E-state index is 12.6. The Morgan fingerprint density at radius 2 is 2.00 bits per heavy atom. The zero-order valence-corrected chi connectivity index (χ0v) is 20.1. The SMILES string of the molecule is CN=C(NCc1sc(C)nc1C)N1CCN(Cc2ccc(Cl)cc2)C(=O)C1.I. The van der Waals surface area contributed by atoms with Crippen LogP contribution >= 0.6 is 46.9 Å². The molecule has 3 rings (SSSR count). The molecule has 0 bridgehead atoms. The molecule has 0 spiro atoms. The molecule has 1 N–H and O–H groups in total. The summed E-state index contributed by atoms with van der Waals surface area (Å²) in [6, 6.07) is 7.63. The van der Waals surface area contributed by atoms with Gasteiger partial charge in [-0.3, -0.25) is 9.79 Å². The molecule has 152 valence electrons. The van der Waals surface area contributed by atoms with E-state index in [9.17, 15) is 4.79 Å². The van der Waals surface area contributed by atoms with Gasteiger partial charge in [-0.2, -0.15) is 0 Å². The van der Waals surface area contributed by atoms with Gasteiger partial charge < -0.3 is 15.1 Å². The Kier molecular flexibility index (Phi) is 8.51. The van der Waals surface area contributed by atoms with Crippen molar-refractivity contribution < 1.29 is 4.79 Å². The van der Waals surface area contributed by atoms with E-state index in [-0.39, 0.29) is 29.9 Å². The molecular weight excluding hydrogens is 509 g/mol. The van der Waals surface area contributed by atoms with Gasteiger partial charge in [0.05, 0.1) is 23.8 Å². The zero-order chi connectivity index (χ0) is 19.4. The summed E-state index contributed by atoms with van der Waals surface area (Å²) in [6.07, 6.45) is 0. The molecule has 1 aromatic carbocycles. The van der Waals surface area contributed by atoms with Crippen LogP contribution in [0.4, 0.5) is 0 Å². The molecule has 2 aromatic rings. The highest BCUT2D eigenvalue weighted by Gasteiger charge is 2.26. The summed E-state index contributed by atoms with van der Waals surface area (Å²) >= 11 is 7.61. The van der Waals surface area contributed by atoms with Crippen molar-refractivity contribution in [1.29, 1.82) is 0 Å². The van der Waals surface area contributed by atoms with Gasteiger partial charge in [0.15, 0.2) is 5.96 Å². The van der Waals surface area contributed by atoms with E-state index >= 15 is 0 Å². The number of hydrogen-bond donors (Lipinski definition) is 1. The Morgan fingerprint density at radius 1 is 1.29 bits per heavy atom. The number of carbonyl (C=O) groups is 1. The van der Waals surface area contributed by atoms with E-state index in [2.05, 4.69) is 15.3 Å². The Balaban J connectivity index is 0.00000280. The number of carbonyl (C=O) groups excluding carboxylic acids is 1. The van der Waals surface area contributed by atoms with E-state index in [1.807, 2.05) is 47.9 Å². The molecule has 0 radical (unpaired) electrons. The molecule has 1 amide bonds. The Labute approximate surface area is 192 Å². The first-order valence-electron chi connectivity index (χ1n) is 8.87. The third kappa shape index (κ3) is 5.81. The molecule has 1 aliphatic heterocycles. The van der Waals surface area contributed by atoms with Gasteiger partial charge in [0.2, 0.25) is 5.91 Å². The molecule has 0 aliphatic carbocycles. The third-order valence-corrected chi connectivity index (χ3v) is 5.85. The number of hydrogen-bond acceptors (Lipinski definition) is 4. The number of guanidine groups is 1. The van der Waals surface area contributed by atoms with Crippen LogP contribution in [0.3, 0.4) is 0 Å². The van der Waals surface area contributed by atoms with Crippen molar-refractivity contribution in [3.63, 3.8) is 0 Å². The number of nitrogens with one attached hydrogen (secondary N) is 1. The molecular formula is C19H25ClIN5OS. The Hall–Kier alpha value is -1.39. The summed E-state index contributed by atoms with van der Waals surface area (Å²) in [4.78, 5) is 26.5. The first kappa shape index (κ1) is 22.9. The summed E-state index contributed by atoms with van der Waals surface area (Å²) in [7, 11) is 1.75. The number of benzene rings is 1. The highest BCUT2D eigenvalue weighted by Crippen LogP contribution is 2.17. The highest BCUT2D eigenvalue weighted by molar-refractivity contribution is 14.0. The van der Waals surface area contributed by atoms with E-state index < -0.39 is 0 Å². The lowest BCUT2D eigenvalue weighted by Crippen LogP contribution is -2.54. The Bertz CT molecular complexity index is 839. The first-order chi connectivity index (χ1) is 13.0. The number of aromatic nitrogens is 1. The summed E-state index contributed by atoms with van der Waals surface area (Å²) in [5.41, 5.74) is 2.13. The molecule has 9 heteroatoms. The number of piperazine rings is 1. The van der Waals surface area contributed by atoms with Gasteiger partial charge in [0.1, 0.15) is 0 Å². The summed E-state index contributed by atoms with van der Waals surface area (Å²) in [6.45, 7) is 7.05. The number of nitrogens with zero attached hydrogens (tertiary/aromatic N) is 4. The molecule has 0 saturated carbocycles. The zero-order valence-electron chi connectivity index (χ0n) is 16.2. The summed E-state index contributed by atoms with van der Waals surface area (Å²) in [5, 5.41) is 5.13. The second-order valence-electron chi connectivity index (χ2n) is 6.51. The van der Waals surface area contributed by atoms with Gasteiger partial charge in [0, 0.05) is 36.6 Å². The van der Waals surface area contributed by atoms with Gasteiger partial charge in [0.25, 0.3) is 0 Å². The van der Waals surface area contributed by atoms with Crippen LogP contribution in [0.5, 0.6) is 0 Å². The fraction of sp³-hybridized carbons (Fsp3) is 0.421. The van der Waals surface area contributed by atoms with Crippen molar-refractivity contribution >= 4 is 58.8 Å². The van der Waals surface area contributed by atoms with Crippen molar-refractivity contribution in [1.82, 2.24) is 20.1 Å². The number of thiazole rings is 1. The quantitative estimate of drug-likeness (QED) is 0.372.